The monoisotopic (exact) mass is 231 g/mol. The van der Waals surface area contributed by atoms with E-state index in [0.29, 0.717) is 6.29 Å². The summed E-state index contributed by atoms with van der Waals surface area (Å²) in [5, 5.41) is 10.6. The van der Waals surface area contributed by atoms with E-state index >= 15 is 0 Å². The van der Waals surface area contributed by atoms with Gasteiger partial charge in [0.25, 0.3) is 5.69 Å². The summed E-state index contributed by atoms with van der Waals surface area (Å²) in [7, 11) is 0. The fourth-order valence-corrected chi connectivity index (χ4v) is 1.22. The fraction of sp³-hybridized carbons (Fsp3) is 0.222. The average Bonchev–Trinajstić information content (AvgIpc) is 2.15. The Labute approximate surface area is 88.8 Å². The molecule has 0 unspecified atom stereocenters. The van der Waals surface area contributed by atoms with Gasteiger partial charge in [0.2, 0.25) is 0 Å². The molecule has 5 nitrogen and oxygen atoms in total. The highest BCUT2D eigenvalue weighted by Crippen LogP contribution is 2.27. The molecule has 86 valence electrons. The lowest BCUT2D eigenvalue weighted by Crippen LogP contribution is -2.04. The Hall–Kier alpha value is -2.05. The van der Waals surface area contributed by atoms with Crippen LogP contribution in [0.15, 0.2) is 12.1 Å². The number of aryl methyl sites for hydroxylation is 1. The Kier molecular flexibility index (Phi) is 3.49. The first kappa shape index (κ1) is 12.0. The largest absolute Gasteiger partial charge is 0.435 e. The summed E-state index contributed by atoms with van der Waals surface area (Å²) in [6, 6.07) is 1.94. The van der Waals surface area contributed by atoms with Crippen molar-refractivity contribution in [2.24, 2.45) is 0 Å². The number of nitro groups is 1. The first-order valence-electron chi connectivity index (χ1n) is 4.14. The highest BCUT2D eigenvalue weighted by Gasteiger charge is 2.19. The van der Waals surface area contributed by atoms with Crippen LogP contribution in [-0.2, 0) is 0 Å². The van der Waals surface area contributed by atoms with Gasteiger partial charge in [-0.1, -0.05) is 0 Å². The zero-order valence-corrected chi connectivity index (χ0v) is 8.15. The molecule has 1 rings (SSSR count). The second-order valence-electron chi connectivity index (χ2n) is 2.93. The lowest BCUT2D eigenvalue weighted by molar-refractivity contribution is -0.385. The summed E-state index contributed by atoms with van der Waals surface area (Å²) in [6.45, 7) is -1.67. The Balaban J connectivity index is 3.28. The predicted octanol–water partition coefficient (Wildman–Crippen LogP) is 2.32. The number of carbonyl (C=O) groups excluding carboxylic acids is 1. The lowest BCUT2D eigenvalue weighted by Gasteiger charge is -2.07. The van der Waals surface area contributed by atoms with Crippen LogP contribution >= 0.6 is 0 Å². The number of alkyl halides is 2. The van der Waals surface area contributed by atoms with Crippen LogP contribution in [-0.4, -0.2) is 17.8 Å². The number of ether oxygens (including phenoxy) is 1. The van der Waals surface area contributed by atoms with Crippen molar-refractivity contribution in [1.82, 2.24) is 0 Å². The van der Waals surface area contributed by atoms with Gasteiger partial charge in [-0.2, -0.15) is 8.78 Å². The van der Waals surface area contributed by atoms with E-state index in [9.17, 15) is 23.7 Å². The van der Waals surface area contributed by atoms with Crippen LogP contribution in [0.1, 0.15) is 15.9 Å². The SMILES string of the molecule is Cc1cc(OC(F)F)cc([N+](=O)[O-])c1C=O. The van der Waals surface area contributed by atoms with Crippen LogP contribution in [0.25, 0.3) is 0 Å². The molecular formula is C9H7F2NO4. The Bertz CT molecular complexity index is 434. The molecule has 0 saturated carbocycles. The molecule has 7 heteroatoms. The van der Waals surface area contributed by atoms with Crippen LogP contribution < -0.4 is 4.74 Å². The maximum Gasteiger partial charge on any atom is 0.387 e. The quantitative estimate of drug-likeness (QED) is 0.453. The number of carbonyl (C=O) groups is 1. The zero-order valence-electron chi connectivity index (χ0n) is 8.15. The molecule has 0 amide bonds. The van der Waals surface area contributed by atoms with E-state index in [2.05, 4.69) is 4.74 Å². The van der Waals surface area contributed by atoms with Crippen LogP contribution in [0.3, 0.4) is 0 Å². The average molecular weight is 231 g/mol. The molecule has 0 N–H and O–H groups in total. The molecule has 0 aromatic heterocycles. The summed E-state index contributed by atoms with van der Waals surface area (Å²) in [5.74, 6) is -0.343. The molecule has 0 saturated heterocycles. The van der Waals surface area contributed by atoms with Crippen molar-refractivity contribution in [1.29, 1.82) is 0 Å². The van der Waals surface area contributed by atoms with Gasteiger partial charge < -0.3 is 4.74 Å². The molecule has 0 bridgehead atoms. The third kappa shape index (κ3) is 2.50. The Morgan fingerprint density at radius 1 is 1.50 bits per heavy atom. The van der Waals surface area contributed by atoms with Crippen molar-refractivity contribution in [3.05, 3.63) is 33.4 Å². The van der Waals surface area contributed by atoms with Gasteiger partial charge in [0.05, 0.1) is 16.6 Å². The van der Waals surface area contributed by atoms with Crippen molar-refractivity contribution in [2.45, 2.75) is 13.5 Å². The van der Waals surface area contributed by atoms with Crippen LogP contribution in [0.4, 0.5) is 14.5 Å². The molecule has 0 radical (unpaired) electrons. The maximum absolute atomic E-state index is 11.9. The van der Waals surface area contributed by atoms with Crippen molar-refractivity contribution < 1.29 is 23.2 Å². The van der Waals surface area contributed by atoms with Crippen molar-refractivity contribution in [3.8, 4) is 5.75 Å². The van der Waals surface area contributed by atoms with E-state index in [-0.39, 0.29) is 16.9 Å². The van der Waals surface area contributed by atoms with Crippen molar-refractivity contribution >= 4 is 12.0 Å². The molecule has 1 aromatic rings. The molecule has 0 aliphatic heterocycles. The topological polar surface area (TPSA) is 69.4 Å². The maximum atomic E-state index is 11.9. The molecule has 0 heterocycles. The predicted molar refractivity (Wildman–Crippen MR) is 49.9 cm³/mol. The number of aldehydes is 1. The summed E-state index contributed by atoms with van der Waals surface area (Å²) >= 11 is 0. The number of rotatable bonds is 4. The first-order chi connectivity index (χ1) is 7.45. The van der Waals surface area contributed by atoms with Gasteiger partial charge in [-0.15, -0.1) is 0 Å². The minimum Gasteiger partial charge on any atom is -0.435 e. The van der Waals surface area contributed by atoms with Gasteiger partial charge in [-0.25, -0.2) is 0 Å². The third-order valence-electron chi connectivity index (χ3n) is 1.88. The smallest absolute Gasteiger partial charge is 0.387 e. The van der Waals surface area contributed by atoms with Crippen LogP contribution in [0.5, 0.6) is 5.75 Å². The van der Waals surface area contributed by atoms with E-state index in [1.807, 2.05) is 0 Å². The highest BCUT2D eigenvalue weighted by atomic mass is 19.3. The zero-order chi connectivity index (χ0) is 12.3. The minimum absolute atomic E-state index is 0.147. The summed E-state index contributed by atoms with van der Waals surface area (Å²) in [5.41, 5.74) is -0.489. The second kappa shape index (κ2) is 4.65. The number of nitro benzene ring substituents is 1. The molecule has 0 atom stereocenters. The Morgan fingerprint density at radius 2 is 2.12 bits per heavy atom. The van der Waals surface area contributed by atoms with E-state index < -0.39 is 17.2 Å². The lowest BCUT2D eigenvalue weighted by atomic mass is 10.1. The standard InChI is InChI=1S/C9H7F2NO4/c1-5-2-6(16-9(10)11)3-8(12(14)15)7(5)4-13/h2-4,9H,1H3. The second-order valence-corrected chi connectivity index (χ2v) is 2.93. The van der Waals surface area contributed by atoms with E-state index in [4.69, 9.17) is 0 Å². The number of hydrogen-bond acceptors (Lipinski definition) is 4. The van der Waals surface area contributed by atoms with E-state index in [1.165, 1.54) is 6.92 Å². The van der Waals surface area contributed by atoms with Gasteiger partial charge in [0.15, 0.2) is 6.29 Å². The molecule has 0 fully saturated rings. The fourth-order valence-electron chi connectivity index (χ4n) is 1.22. The van der Waals surface area contributed by atoms with Gasteiger partial charge in [-0.05, 0) is 18.6 Å². The van der Waals surface area contributed by atoms with Crippen LogP contribution in [0, 0.1) is 17.0 Å². The number of hydrogen-bond donors (Lipinski definition) is 0. The van der Waals surface area contributed by atoms with E-state index in [1.54, 1.807) is 0 Å². The van der Waals surface area contributed by atoms with E-state index in [0.717, 1.165) is 12.1 Å². The molecular weight excluding hydrogens is 224 g/mol. The molecule has 0 spiro atoms. The van der Waals surface area contributed by atoms with Crippen molar-refractivity contribution in [3.63, 3.8) is 0 Å². The summed E-state index contributed by atoms with van der Waals surface area (Å²) < 4.78 is 27.8. The van der Waals surface area contributed by atoms with Crippen LogP contribution in [0.2, 0.25) is 0 Å². The molecule has 0 aliphatic carbocycles. The normalized spacial score (nSPS) is 10.2. The molecule has 1 aromatic carbocycles. The highest BCUT2D eigenvalue weighted by molar-refractivity contribution is 5.84. The third-order valence-corrected chi connectivity index (χ3v) is 1.88. The molecule has 16 heavy (non-hydrogen) atoms. The summed E-state index contributed by atoms with van der Waals surface area (Å²) in [6.07, 6.45) is 0.305. The Morgan fingerprint density at radius 3 is 2.56 bits per heavy atom. The van der Waals surface area contributed by atoms with Crippen molar-refractivity contribution in [2.75, 3.05) is 0 Å². The van der Waals surface area contributed by atoms with Gasteiger partial charge in [0, 0.05) is 0 Å². The number of halogens is 2. The minimum atomic E-state index is -3.07. The molecule has 0 aliphatic rings. The van der Waals surface area contributed by atoms with Gasteiger partial charge in [-0.3, -0.25) is 14.9 Å². The number of benzene rings is 1. The first-order valence-corrected chi connectivity index (χ1v) is 4.14. The van der Waals surface area contributed by atoms with Gasteiger partial charge >= 0.3 is 6.61 Å². The number of nitrogens with zero attached hydrogens (tertiary/aromatic N) is 1. The van der Waals surface area contributed by atoms with Gasteiger partial charge in [0.1, 0.15) is 5.75 Å². The summed E-state index contributed by atoms with van der Waals surface area (Å²) in [4.78, 5) is 20.3.